The lowest BCUT2D eigenvalue weighted by Crippen LogP contribution is -2.39. The van der Waals surface area contributed by atoms with Crippen molar-refractivity contribution in [3.63, 3.8) is 0 Å². The van der Waals surface area contributed by atoms with E-state index < -0.39 is 11.7 Å². The van der Waals surface area contributed by atoms with Crippen molar-refractivity contribution in [1.29, 1.82) is 0 Å². The van der Waals surface area contributed by atoms with E-state index in [0.29, 0.717) is 12.0 Å². The van der Waals surface area contributed by atoms with Crippen molar-refractivity contribution >= 4 is 5.91 Å². The van der Waals surface area contributed by atoms with Crippen LogP contribution in [0.15, 0.2) is 24.3 Å². The first-order valence-corrected chi connectivity index (χ1v) is 7.32. The lowest BCUT2D eigenvalue weighted by Gasteiger charge is -2.19. The van der Waals surface area contributed by atoms with Crippen LogP contribution in [0.5, 0.6) is 0 Å². The van der Waals surface area contributed by atoms with E-state index in [-0.39, 0.29) is 36.3 Å². The maximum Gasteiger partial charge on any atom is 0.416 e. The van der Waals surface area contributed by atoms with Gasteiger partial charge in [-0.3, -0.25) is 4.79 Å². The highest BCUT2D eigenvalue weighted by molar-refractivity contribution is 5.83. The van der Waals surface area contributed by atoms with Gasteiger partial charge >= 0.3 is 6.18 Å². The van der Waals surface area contributed by atoms with Gasteiger partial charge in [-0.2, -0.15) is 13.2 Å². The lowest BCUT2D eigenvalue weighted by molar-refractivity contribution is -0.137. The van der Waals surface area contributed by atoms with Crippen molar-refractivity contribution < 1.29 is 23.1 Å². The van der Waals surface area contributed by atoms with Gasteiger partial charge < -0.3 is 10.4 Å². The van der Waals surface area contributed by atoms with Gasteiger partial charge in [0, 0.05) is 18.6 Å². The Balaban J connectivity index is 1.99. The van der Waals surface area contributed by atoms with E-state index in [2.05, 4.69) is 5.32 Å². The zero-order valence-electron chi connectivity index (χ0n) is 12.5. The summed E-state index contributed by atoms with van der Waals surface area (Å²) in [7, 11) is 0. The second-order valence-electron chi connectivity index (χ2n) is 6.03. The van der Waals surface area contributed by atoms with Crippen LogP contribution in [0.3, 0.4) is 0 Å². The SMILES string of the molecule is CC(CO)C(C)NC(=O)C1CC1c1cccc(C(F)(F)F)c1. The molecule has 1 aliphatic carbocycles. The van der Waals surface area contributed by atoms with Crippen LogP contribution in [0, 0.1) is 11.8 Å². The summed E-state index contributed by atoms with van der Waals surface area (Å²) in [6.07, 6.45) is -3.80. The number of hydrogen-bond donors (Lipinski definition) is 2. The molecule has 2 N–H and O–H groups in total. The average molecular weight is 315 g/mol. The predicted octanol–water partition coefficient (Wildman–Crippen LogP) is 2.94. The first kappa shape index (κ1) is 16.8. The van der Waals surface area contributed by atoms with E-state index in [1.807, 2.05) is 6.92 Å². The minimum absolute atomic E-state index is 0.0246. The molecule has 3 nitrogen and oxygen atoms in total. The quantitative estimate of drug-likeness (QED) is 0.878. The van der Waals surface area contributed by atoms with Crippen LogP contribution in [-0.4, -0.2) is 23.7 Å². The number of carbonyl (C=O) groups is 1. The van der Waals surface area contributed by atoms with E-state index in [0.717, 1.165) is 12.1 Å². The van der Waals surface area contributed by atoms with Crippen LogP contribution in [0.1, 0.15) is 37.3 Å². The second kappa shape index (κ2) is 6.28. The standard InChI is InChI=1S/C16H20F3NO2/c1-9(8-21)10(2)20-15(22)14-7-13(14)11-4-3-5-12(6-11)16(17,18)19/h3-6,9-10,13-14,21H,7-8H2,1-2H3,(H,20,22). The summed E-state index contributed by atoms with van der Waals surface area (Å²) in [6, 6.07) is 5.00. The van der Waals surface area contributed by atoms with E-state index in [1.165, 1.54) is 6.07 Å². The molecule has 122 valence electrons. The highest BCUT2D eigenvalue weighted by Gasteiger charge is 2.45. The topological polar surface area (TPSA) is 49.3 Å². The summed E-state index contributed by atoms with van der Waals surface area (Å²) in [6.45, 7) is 3.60. The minimum Gasteiger partial charge on any atom is -0.396 e. The smallest absolute Gasteiger partial charge is 0.396 e. The van der Waals surface area contributed by atoms with Gasteiger partial charge in [-0.1, -0.05) is 25.1 Å². The van der Waals surface area contributed by atoms with Gasteiger partial charge in [-0.25, -0.2) is 0 Å². The molecule has 0 aliphatic heterocycles. The Morgan fingerprint density at radius 3 is 2.68 bits per heavy atom. The van der Waals surface area contributed by atoms with E-state index in [4.69, 9.17) is 5.11 Å². The average Bonchev–Trinajstić information content (AvgIpc) is 3.26. The molecule has 0 bridgehead atoms. The number of aliphatic hydroxyl groups is 1. The van der Waals surface area contributed by atoms with Gasteiger partial charge in [0.1, 0.15) is 0 Å². The molecule has 0 heterocycles. The van der Waals surface area contributed by atoms with Crippen molar-refractivity contribution in [2.24, 2.45) is 11.8 Å². The largest absolute Gasteiger partial charge is 0.416 e. The van der Waals surface area contributed by atoms with Crippen LogP contribution in [0.4, 0.5) is 13.2 Å². The van der Waals surface area contributed by atoms with Gasteiger partial charge in [0.05, 0.1) is 5.56 Å². The zero-order chi connectivity index (χ0) is 16.5. The molecule has 4 unspecified atom stereocenters. The van der Waals surface area contributed by atoms with Crippen molar-refractivity contribution in [3.05, 3.63) is 35.4 Å². The number of hydrogen-bond acceptors (Lipinski definition) is 2. The summed E-state index contributed by atoms with van der Waals surface area (Å²) < 4.78 is 38.1. The first-order valence-electron chi connectivity index (χ1n) is 7.32. The Hall–Kier alpha value is -1.56. The summed E-state index contributed by atoms with van der Waals surface area (Å²) in [5.74, 6) is -0.652. The third-order valence-electron chi connectivity index (χ3n) is 4.28. The van der Waals surface area contributed by atoms with Gasteiger partial charge in [0.15, 0.2) is 0 Å². The molecule has 0 saturated heterocycles. The molecule has 22 heavy (non-hydrogen) atoms. The second-order valence-corrected chi connectivity index (χ2v) is 6.03. The number of carbonyl (C=O) groups excluding carboxylic acids is 1. The zero-order valence-corrected chi connectivity index (χ0v) is 12.5. The van der Waals surface area contributed by atoms with Crippen molar-refractivity contribution in [2.75, 3.05) is 6.61 Å². The lowest BCUT2D eigenvalue weighted by atomic mass is 10.0. The molecule has 1 aliphatic rings. The molecule has 0 radical (unpaired) electrons. The number of rotatable bonds is 5. The normalized spacial score (nSPS) is 23.7. The molecule has 2 rings (SSSR count). The summed E-state index contributed by atoms with van der Waals surface area (Å²) in [5, 5.41) is 11.9. The van der Waals surface area contributed by atoms with Crippen LogP contribution in [0.25, 0.3) is 0 Å². The van der Waals surface area contributed by atoms with Gasteiger partial charge in [-0.05, 0) is 36.8 Å². The molecule has 1 fully saturated rings. The molecule has 0 aromatic heterocycles. The van der Waals surface area contributed by atoms with E-state index in [1.54, 1.807) is 13.0 Å². The fourth-order valence-electron chi connectivity index (χ4n) is 2.43. The number of amides is 1. The molecule has 1 saturated carbocycles. The van der Waals surface area contributed by atoms with E-state index in [9.17, 15) is 18.0 Å². The van der Waals surface area contributed by atoms with Crippen molar-refractivity contribution in [2.45, 2.75) is 38.4 Å². The Morgan fingerprint density at radius 2 is 2.09 bits per heavy atom. The maximum atomic E-state index is 12.7. The molecular formula is C16H20F3NO2. The van der Waals surface area contributed by atoms with Crippen LogP contribution < -0.4 is 5.32 Å². The monoisotopic (exact) mass is 315 g/mol. The fourth-order valence-corrected chi connectivity index (χ4v) is 2.43. The van der Waals surface area contributed by atoms with E-state index >= 15 is 0 Å². The number of halogens is 3. The number of benzene rings is 1. The Bertz CT molecular complexity index is 544. The molecule has 1 aromatic carbocycles. The summed E-state index contributed by atoms with van der Waals surface area (Å²) in [5.41, 5.74) is -0.129. The third-order valence-corrected chi connectivity index (χ3v) is 4.28. The summed E-state index contributed by atoms with van der Waals surface area (Å²) >= 11 is 0. The third kappa shape index (κ3) is 3.80. The number of nitrogens with one attached hydrogen (secondary N) is 1. The number of alkyl halides is 3. The Kier molecular flexibility index (Phi) is 4.80. The minimum atomic E-state index is -4.37. The van der Waals surface area contributed by atoms with Gasteiger partial charge in [-0.15, -0.1) is 0 Å². The highest BCUT2D eigenvalue weighted by atomic mass is 19.4. The van der Waals surface area contributed by atoms with Crippen LogP contribution in [-0.2, 0) is 11.0 Å². The molecule has 6 heteroatoms. The van der Waals surface area contributed by atoms with Crippen molar-refractivity contribution in [1.82, 2.24) is 5.32 Å². The Morgan fingerprint density at radius 1 is 1.41 bits per heavy atom. The number of aliphatic hydroxyl groups excluding tert-OH is 1. The summed E-state index contributed by atoms with van der Waals surface area (Å²) in [4.78, 5) is 12.1. The van der Waals surface area contributed by atoms with Gasteiger partial charge in [0.2, 0.25) is 5.91 Å². The fraction of sp³-hybridized carbons (Fsp3) is 0.562. The van der Waals surface area contributed by atoms with Gasteiger partial charge in [0.25, 0.3) is 0 Å². The predicted molar refractivity (Wildman–Crippen MR) is 76.1 cm³/mol. The first-order chi connectivity index (χ1) is 10.2. The molecule has 0 spiro atoms. The highest BCUT2D eigenvalue weighted by Crippen LogP contribution is 2.48. The molecule has 1 aromatic rings. The molecule has 1 amide bonds. The van der Waals surface area contributed by atoms with Crippen LogP contribution in [0.2, 0.25) is 0 Å². The maximum absolute atomic E-state index is 12.7. The Labute approximate surface area is 127 Å². The molecule has 4 atom stereocenters. The molecular weight excluding hydrogens is 295 g/mol. The van der Waals surface area contributed by atoms with Crippen molar-refractivity contribution in [3.8, 4) is 0 Å². The van der Waals surface area contributed by atoms with Crippen LogP contribution >= 0.6 is 0 Å².